The summed E-state index contributed by atoms with van der Waals surface area (Å²) in [5.41, 5.74) is 1.13. The minimum Gasteiger partial charge on any atom is -0.508 e. The zero-order valence-electron chi connectivity index (χ0n) is 17.5. The summed E-state index contributed by atoms with van der Waals surface area (Å²) in [6, 6.07) is 7.16. The van der Waals surface area contributed by atoms with Gasteiger partial charge < -0.3 is 10.4 Å². The lowest BCUT2D eigenvalue weighted by molar-refractivity contribution is -0.121. The Labute approximate surface area is 167 Å². The van der Waals surface area contributed by atoms with Crippen molar-refractivity contribution < 1.29 is 9.90 Å². The van der Waals surface area contributed by atoms with Crippen LogP contribution in [0.25, 0.3) is 0 Å². The van der Waals surface area contributed by atoms with Crippen molar-refractivity contribution in [2.45, 2.75) is 103 Å². The van der Waals surface area contributed by atoms with Gasteiger partial charge in [-0.3, -0.25) is 4.79 Å². The quantitative estimate of drug-likeness (QED) is 0.304. The van der Waals surface area contributed by atoms with E-state index in [1.54, 1.807) is 12.1 Å². The Bertz CT molecular complexity index is 470. The van der Waals surface area contributed by atoms with Gasteiger partial charge in [-0.2, -0.15) is 0 Å². The Kier molecular flexibility index (Phi) is 14.5. The third-order valence-corrected chi connectivity index (χ3v) is 5.18. The summed E-state index contributed by atoms with van der Waals surface area (Å²) in [5.74, 6) is 0.446. The molecule has 0 saturated carbocycles. The minimum absolute atomic E-state index is 0.164. The zero-order chi connectivity index (χ0) is 19.6. The van der Waals surface area contributed by atoms with Crippen molar-refractivity contribution in [2.75, 3.05) is 6.54 Å². The summed E-state index contributed by atoms with van der Waals surface area (Å²) in [6.07, 6.45) is 18.7. The van der Waals surface area contributed by atoms with E-state index in [9.17, 15) is 9.90 Å². The van der Waals surface area contributed by atoms with Crippen LogP contribution in [0.4, 0.5) is 0 Å². The molecule has 1 aromatic rings. The first-order valence-corrected chi connectivity index (χ1v) is 11.3. The molecule has 27 heavy (non-hydrogen) atoms. The fourth-order valence-electron chi connectivity index (χ4n) is 3.40. The summed E-state index contributed by atoms with van der Waals surface area (Å²) in [5, 5.41) is 12.2. The predicted octanol–water partition coefficient (Wildman–Crippen LogP) is 6.53. The number of unbranched alkanes of at least 4 members (excludes halogenated alkanes) is 12. The smallest absolute Gasteiger partial charge is 0.220 e. The van der Waals surface area contributed by atoms with Crippen LogP contribution in [0.3, 0.4) is 0 Å². The topological polar surface area (TPSA) is 49.3 Å². The van der Waals surface area contributed by atoms with Crippen LogP contribution in [0.5, 0.6) is 5.75 Å². The number of carbonyl (C=O) groups is 1. The van der Waals surface area contributed by atoms with Crippen LogP contribution in [-0.2, 0) is 11.2 Å². The molecule has 3 heteroatoms. The van der Waals surface area contributed by atoms with Crippen molar-refractivity contribution in [3.05, 3.63) is 29.8 Å². The lowest BCUT2D eigenvalue weighted by Gasteiger charge is -2.06. The van der Waals surface area contributed by atoms with Gasteiger partial charge in [-0.05, 0) is 30.5 Å². The van der Waals surface area contributed by atoms with Crippen molar-refractivity contribution in [3.63, 3.8) is 0 Å². The van der Waals surface area contributed by atoms with Gasteiger partial charge in [0.05, 0.1) is 0 Å². The van der Waals surface area contributed by atoms with Crippen LogP contribution in [0, 0.1) is 0 Å². The SMILES string of the molecule is CCCCCCCCCCCCCCCC(=O)NCCc1ccc(O)cc1. The second-order valence-electron chi connectivity index (χ2n) is 7.76. The summed E-state index contributed by atoms with van der Waals surface area (Å²) in [6.45, 7) is 2.94. The van der Waals surface area contributed by atoms with E-state index < -0.39 is 0 Å². The molecular formula is C24H41NO2. The molecule has 2 N–H and O–H groups in total. The minimum atomic E-state index is 0.164. The van der Waals surface area contributed by atoms with Gasteiger partial charge >= 0.3 is 0 Å². The molecular weight excluding hydrogens is 334 g/mol. The molecule has 1 rings (SSSR count). The van der Waals surface area contributed by atoms with Crippen LogP contribution in [0.1, 0.15) is 102 Å². The molecule has 0 aromatic heterocycles. The molecule has 0 aliphatic heterocycles. The molecule has 154 valence electrons. The van der Waals surface area contributed by atoms with Crippen LogP contribution in [0.15, 0.2) is 24.3 Å². The highest BCUT2D eigenvalue weighted by Gasteiger charge is 2.01. The number of nitrogens with one attached hydrogen (secondary N) is 1. The van der Waals surface area contributed by atoms with Crippen molar-refractivity contribution >= 4 is 5.91 Å². The number of phenols is 1. The first kappa shape index (κ1) is 23.5. The lowest BCUT2D eigenvalue weighted by atomic mass is 10.0. The van der Waals surface area contributed by atoms with Crippen molar-refractivity contribution in [2.24, 2.45) is 0 Å². The van der Waals surface area contributed by atoms with Crippen LogP contribution < -0.4 is 5.32 Å². The number of hydrogen-bond donors (Lipinski definition) is 2. The highest BCUT2D eigenvalue weighted by molar-refractivity contribution is 5.75. The highest BCUT2D eigenvalue weighted by Crippen LogP contribution is 2.13. The fraction of sp³-hybridized carbons (Fsp3) is 0.708. The Morgan fingerprint density at radius 3 is 1.78 bits per heavy atom. The number of rotatable bonds is 17. The maximum atomic E-state index is 11.8. The van der Waals surface area contributed by atoms with Gasteiger partial charge in [-0.15, -0.1) is 0 Å². The van der Waals surface area contributed by atoms with E-state index in [4.69, 9.17) is 0 Å². The number of aromatic hydroxyl groups is 1. The summed E-state index contributed by atoms with van der Waals surface area (Å²) >= 11 is 0. The summed E-state index contributed by atoms with van der Waals surface area (Å²) in [7, 11) is 0. The van der Waals surface area contributed by atoms with Crippen molar-refractivity contribution in [3.8, 4) is 5.75 Å². The number of hydrogen-bond acceptors (Lipinski definition) is 2. The van der Waals surface area contributed by atoms with Gasteiger partial charge in [0.1, 0.15) is 5.75 Å². The fourth-order valence-corrected chi connectivity index (χ4v) is 3.40. The zero-order valence-corrected chi connectivity index (χ0v) is 17.5. The van der Waals surface area contributed by atoms with Crippen LogP contribution in [0.2, 0.25) is 0 Å². The third-order valence-electron chi connectivity index (χ3n) is 5.18. The van der Waals surface area contributed by atoms with E-state index in [0.717, 1.165) is 18.4 Å². The van der Waals surface area contributed by atoms with Crippen molar-refractivity contribution in [1.82, 2.24) is 5.32 Å². The van der Waals surface area contributed by atoms with E-state index >= 15 is 0 Å². The average Bonchev–Trinajstić information content (AvgIpc) is 2.67. The molecule has 0 fully saturated rings. The molecule has 0 unspecified atom stereocenters. The average molecular weight is 376 g/mol. The molecule has 0 heterocycles. The Hall–Kier alpha value is -1.51. The molecule has 0 aliphatic carbocycles. The van der Waals surface area contributed by atoms with Gasteiger partial charge in [-0.25, -0.2) is 0 Å². The van der Waals surface area contributed by atoms with Gasteiger partial charge in [-0.1, -0.05) is 96.1 Å². The lowest BCUT2D eigenvalue weighted by Crippen LogP contribution is -2.25. The highest BCUT2D eigenvalue weighted by atomic mass is 16.3. The van der Waals surface area contributed by atoms with Crippen LogP contribution >= 0.6 is 0 Å². The molecule has 0 aliphatic rings. The molecule has 0 spiro atoms. The van der Waals surface area contributed by atoms with E-state index in [-0.39, 0.29) is 11.7 Å². The standard InChI is InChI=1S/C24H41NO2/c1-2-3-4-5-6-7-8-9-10-11-12-13-14-15-24(27)25-21-20-22-16-18-23(26)19-17-22/h16-19,26H,2-15,20-21H2,1H3,(H,25,27). The van der Waals surface area contributed by atoms with Crippen molar-refractivity contribution in [1.29, 1.82) is 0 Å². The van der Waals surface area contributed by atoms with E-state index in [2.05, 4.69) is 12.2 Å². The third kappa shape index (κ3) is 14.2. The summed E-state index contributed by atoms with van der Waals surface area (Å²) in [4.78, 5) is 11.8. The van der Waals surface area contributed by atoms with E-state index in [1.807, 2.05) is 12.1 Å². The second-order valence-corrected chi connectivity index (χ2v) is 7.76. The first-order chi connectivity index (χ1) is 13.2. The molecule has 0 radical (unpaired) electrons. The van der Waals surface area contributed by atoms with E-state index in [1.165, 1.54) is 77.0 Å². The monoisotopic (exact) mass is 375 g/mol. The molecule has 1 aromatic carbocycles. The number of carbonyl (C=O) groups excluding carboxylic acids is 1. The Balaban J connectivity index is 1.82. The Morgan fingerprint density at radius 2 is 1.26 bits per heavy atom. The maximum Gasteiger partial charge on any atom is 0.220 e. The van der Waals surface area contributed by atoms with Gasteiger partial charge in [0, 0.05) is 13.0 Å². The molecule has 1 amide bonds. The predicted molar refractivity (Wildman–Crippen MR) is 115 cm³/mol. The van der Waals surface area contributed by atoms with Gasteiger partial charge in [0.2, 0.25) is 5.91 Å². The second kappa shape index (κ2) is 16.6. The number of phenolic OH excluding ortho intramolecular Hbond substituents is 1. The summed E-state index contributed by atoms with van der Waals surface area (Å²) < 4.78 is 0. The van der Waals surface area contributed by atoms with Crippen LogP contribution in [-0.4, -0.2) is 17.6 Å². The molecule has 0 atom stereocenters. The Morgan fingerprint density at radius 1 is 0.778 bits per heavy atom. The molecule has 3 nitrogen and oxygen atoms in total. The number of amides is 1. The van der Waals surface area contributed by atoms with Gasteiger partial charge in [0.15, 0.2) is 0 Å². The van der Waals surface area contributed by atoms with E-state index in [0.29, 0.717) is 13.0 Å². The normalized spacial score (nSPS) is 10.9. The largest absolute Gasteiger partial charge is 0.508 e. The first-order valence-electron chi connectivity index (χ1n) is 11.3. The van der Waals surface area contributed by atoms with Gasteiger partial charge in [0.25, 0.3) is 0 Å². The molecule has 0 bridgehead atoms. The molecule has 0 saturated heterocycles. The number of benzene rings is 1. The maximum absolute atomic E-state index is 11.8.